The number of hydrogen-bond donors (Lipinski definition) is 3. The number of carboxylic acid groups (broad SMARTS) is 1. The van der Waals surface area contributed by atoms with Crippen LogP contribution < -0.4 is 10.6 Å². The Morgan fingerprint density at radius 1 is 1.25 bits per heavy atom. The lowest BCUT2D eigenvalue weighted by Crippen LogP contribution is -2.29. The molecule has 1 aromatic rings. The van der Waals surface area contributed by atoms with Crippen LogP contribution in [0.1, 0.15) is 25.7 Å². The molecule has 0 spiro atoms. The van der Waals surface area contributed by atoms with Crippen molar-refractivity contribution in [3.63, 3.8) is 0 Å². The number of anilines is 1. The summed E-state index contributed by atoms with van der Waals surface area (Å²) in [5.41, 5.74) is 0.108. The van der Waals surface area contributed by atoms with Crippen molar-refractivity contribution in [3.05, 3.63) is 28.5 Å². The zero-order valence-corrected chi connectivity index (χ0v) is 12.4. The van der Waals surface area contributed by atoms with Crippen molar-refractivity contribution >= 4 is 33.6 Å². The minimum Gasteiger partial charge on any atom is -0.481 e. The normalized spacial score (nSPS) is 10.1. The van der Waals surface area contributed by atoms with Crippen LogP contribution in [0, 0.1) is 5.82 Å². The average molecular weight is 347 g/mol. The number of halogens is 2. The lowest BCUT2D eigenvalue weighted by molar-refractivity contribution is -0.137. The van der Waals surface area contributed by atoms with Gasteiger partial charge in [0, 0.05) is 17.4 Å². The van der Waals surface area contributed by atoms with Gasteiger partial charge in [0.15, 0.2) is 0 Å². The fraction of sp³-hybridized carbons (Fsp3) is 0.385. The molecule has 0 saturated heterocycles. The lowest BCUT2D eigenvalue weighted by atomic mass is 10.2. The average Bonchev–Trinajstić information content (AvgIpc) is 2.36. The first kappa shape index (κ1) is 16.4. The van der Waals surface area contributed by atoms with Crippen LogP contribution in [0.2, 0.25) is 0 Å². The van der Waals surface area contributed by atoms with Crippen molar-refractivity contribution in [1.82, 2.24) is 5.32 Å². The lowest BCUT2D eigenvalue weighted by Gasteiger charge is -2.08. The Hall–Kier alpha value is -1.63. The maximum Gasteiger partial charge on any atom is 0.319 e. The number of carboxylic acids is 1. The first-order valence-corrected chi connectivity index (χ1v) is 7.00. The number of nitrogens with one attached hydrogen (secondary N) is 2. The summed E-state index contributed by atoms with van der Waals surface area (Å²) in [4.78, 5) is 21.8. The molecule has 0 heterocycles. The summed E-state index contributed by atoms with van der Waals surface area (Å²) in [7, 11) is 0. The number of hydrogen-bond acceptors (Lipinski definition) is 2. The van der Waals surface area contributed by atoms with E-state index in [1.807, 2.05) is 0 Å². The van der Waals surface area contributed by atoms with E-state index in [1.165, 1.54) is 12.1 Å². The van der Waals surface area contributed by atoms with Gasteiger partial charge < -0.3 is 15.7 Å². The predicted molar refractivity (Wildman–Crippen MR) is 77.2 cm³/mol. The minimum atomic E-state index is -0.818. The topological polar surface area (TPSA) is 78.4 Å². The molecule has 0 aliphatic carbocycles. The van der Waals surface area contributed by atoms with Crippen LogP contribution >= 0.6 is 15.9 Å². The number of carbonyl (C=O) groups is 2. The zero-order valence-electron chi connectivity index (χ0n) is 10.8. The molecular formula is C13H16BrFN2O3. The van der Waals surface area contributed by atoms with Gasteiger partial charge in [-0.3, -0.25) is 4.79 Å². The van der Waals surface area contributed by atoms with Gasteiger partial charge in [0.1, 0.15) is 5.82 Å². The van der Waals surface area contributed by atoms with Crippen molar-refractivity contribution in [1.29, 1.82) is 0 Å². The highest BCUT2D eigenvalue weighted by Gasteiger charge is 2.06. The highest BCUT2D eigenvalue weighted by molar-refractivity contribution is 9.10. The van der Waals surface area contributed by atoms with Gasteiger partial charge in [0.05, 0.1) is 5.69 Å². The summed E-state index contributed by atoms with van der Waals surface area (Å²) in [6.45, 7) is 0.420. The van der Waals surface area contributed by atoms with Crippen LogP contribution in [-0.4, -0.2) is 23.7 Å². The van der Waals surface area contributed by atoms with Gasteiger partial charge in [-0.15, -0.1) is 0 Å². The quantitative estimate of drug-likeness (QED) is 0.662. The largest absolute Gasteiger partial charge is 0.481 e. The van der Waals surface area contributed by atoms with Crippen LogP contribution in [-0.2, 0) is 4.79 Å². The second-order valence-corrected chi connectivity index (χ2v) is 5.13. The van der Waals surface area contributed by atoms with Gasteiger partial charge in [-0.2, -0.15) is 0 Å². The number of urea groups is 1. The Bertz CT molecular complexity index is 483. The summed E-state index contributed by atoms with van der Waals surface area (Å²) >= 11 is 3.13. The van der Waals surface area contributed by atoms with Gasteiger partial charge in [-0.1, -0.05) is 22.4 Å². The number of rotatable bonds is 7. The molecule has 0 saturated carbocycles. The summed E-state index contributed by atoms with van der Waals surface area (Å²) in [5, 5.41) is 13.4. The molecule has 5 nitrogen and oxygen atoms in total. The Labute approximate surface area is 124 Å². The molecule has 7 heteroatoms. The van der Waals surface area contributed by atoms with E-state index < -0.39 is 17.8 Å². The Morgan fingerprint density at radius 3 is 2.65 bits per heavy atom. The standard InChI is InChI=1S/C13H16BrFN2O3/c14-9-5-6-11(10(15)8-9)17-13(20)16-7-3-1-2-4-12(18)19/h5-6,8H,1-4,7H2,(H,18,19)(H2,16,17,20). The van der Waals surface area contributed by atoms with Gasteiger partial charge in [-0.05, 0) is 31.0 Å². The Balaban J connectivity index is 2.22. The van der Waals surface area contributed by atoms with E-state index in [-0.39, 0.29) is 12.1 Å². The van der Waals surface area contributed by atoms with E-state index in [0.29, 0.717) is 23.9 Å². The van der Waals surface area contributed by atoms with Crippen LogP contribution in [0.25, 0.3) is 0 Å². The summed E-state index contributed by atoms with van der Waals surface area (Å²) < 4.78 is 14.0. The molecule has 3 N–H and O–H groups in total. The van der Waals surface area contributed by atoms with E-state index in [0.717, 1.165) is 6.42 Å². The van der Waals surface area contributed by atoms with Gasteiger partial charge in [0.25, 0.3) is 0 Å². The molecule has 0 bridgehead atoms. The third-order valence-corrected chi connectivity index (χ3v) is 3.03. The smallest absolute Gasteiger partial charge is 0.319 e. The van der Waals surface area contributed by atoms with E-state index in [4.69, 9.17) is 5.11 Å². The zero-order chi connectivity index (χ0) is 15.0. The summed E-state index contributed by atoms with van der Waals surface area (Å²) in [5.74, 6) is -1.34. The SMILES string of the molecule is O=C(O)CCCCCNC(=O)Nc1ccc(Br)cc1F. The van der Waals surface area contributed by atoms with Crippen molar-refractivity contribution in [3.8, 4) is 0 Å². The highest BCUT2D eigenvalue weighted by Crippen LogP contribution is 2.19. The molecule has 0 atom stereocenters. The molecule has 0 aliphatic rings. The van der Waals surface area contributed by atoms with E-state index >= 15 is 0 Å². The molecule has 0 unspecified atom stereocenters. The second-order valence-electron chi connectivity index (χ2n) is 4.21. The first-order valence-electron chi connectivity index (χ1n) is 6.20. The molecular weight excluding hydrogens is 331 g/mol. The fourth-order valence-corrected chi connectivity index (χ4v) is 1.87. The molecule has 0 aliphatic heterocycles. The van der Waals surface area contributed by atoms with E-state index in [9.17, 15) is 14.0 Å². The molecule has 0 aromatic heterocycles. The number of carbonyl (C=O) groups excluding carboxylic acids is 1. The van der Waals surface area contributed by atoms with Crippen LogP contribution in [0.3, 0.4) is 0 Å². The highest BCUT2D eigenvalue weighted by atomic mass is 79.9. The van der Waals surface area contributed by atoms with E-state index in [2.05, 4.69) is 26.6 Å². The van der Waals surface area contributed by atoms with Crippen molar-refractivity contribution in [2.45, 2.75) is 25.7 Å². The number of unbranched alkanes of at least 4 members (excludes halogenated alkanes) is 2. The summed E-state index contributed by atoms with van der Waals surface area (Å²) in [6, 6.07) is 3.88. The van der Waals surface area contributed by atoms with Crippen molar-refractivity contribution < 1.29 is 19.1 Å². The van der Waals surface area contributed by atoms with Gasteiger partial charge >= 0.3 is 12.0 Å². The Morgan fingerprint density at radius 2 is 2.00 bits per heavy atom. The van der Waals surface area contributed by atoms with Crippen LogP contribution in [0.4, 0.5) is 14.9 Å². The molecule has 2 amide bonds. The van der Waals surface area contributed by atoms with Gasteiger partial charge in [-0.25, -0.2) is 9.18 Å². The number of aliphatic carboxylic acids is 1. The fourth-order valence-electron chi connectivity index (χ4n) is 1.54. The van der Waals surface area contributed by atoms with Gasteiger partial charge in [0.2, 0.25) is 0 Å². The monoisotopic (exact) mass is 346 g/mol. The van der Waals surface area contributed by atoms with Crippen LogP contribution in [0.15, 0.2) is 22.7 Å². The molecule has 1 aromatic carbocycles. The maximum atomic E-state index is 13.4. The molecule has 1 rings (SSSR count). The Kier molecular flexibility index (Phi) is 7.00. The minimum absolute atomic E-state index is 0.108. The summed E-state index contributed by atoms with van der Waals surface area (Å²) in [6.07, 6.45) is 2.12. The third kappa shape index (κ3) is 6.51. The van der Waals surface area contributed by atoms with Crippen molar-refractivity contribution in [2.75, 3.05) is 11.9 Å². The maximum absolute atomic E-state index is 13.4. The second kappa shape index (κ2) is 8.52. The first-order chi connectivity index (χ1) is 9.49. The van der Waals surface area contributed by atoms with Crippen LogP contribution in [0.5, 0.6) is 0 Å². The molecule has 110 valence electrons. The molecule has 20 heavy (non-hydrogen) atoms. The van der Waals surface area contributed by atoms with E-state index in [1.54, 1.807) is 6.07 Å². The van der Waals surface area contributed by atoms with Crippen molar-refractivity contribution in [2.24, 2.45) is 0 Å². The third-order valence-electron chi connectivity index (χ3n) is 2.53. The number of benzene rings is 1. The number of amides is 2. The predicted octanol–water partition coefficient (Wildman–Crippen LogP) is 3.35. The molecule has 0 fully saturated rings. The molecule has 0 radical (unpaired) electrons.